The van der Waals surface area contributed by atoms with Gasteiger partial charge in [0.25, 0.3) is 0 Å². The third kappa shape index (κ3) is 3.78. The van der Waals surface area contributed by atoms with Gasteiger partial charge in [0, 0.05) is 24.1 Å². The van der Waals surface area contributed by atoms with Gasteiger partial charge in [-0.05, 0) is 25.2 Å². The molecule has 2 saturated carbocycles. The van der Waals surface area contributed by atoms with E-state index in [1.54, 1.807) is 0 Å². The molecule has 2 aliphatic rings. The van der Waals surface area contributed by atoms with Crippen molar-refractivity contribution >= 4 is 5.91 Å². The Morgan fingerprint density at radius 2 is 1.95 bits per heavy atom. The Morgan fingerprint density at radius 1 is 1.33 bits per heavy atom. The molecule has 1 amide bonds. The first-order chi connectivity index (χ1) is 9.82. The molecule has 2 N–H and O–H groups in total. The van der Waals surface area contributed by atoms with Crippen molar-refractivity contribution in [1.82, 2.24) is 4.90 Å². The lowest BCUT2D eigenvalue weighted by Crippen LogP contribution is -2.65. The molecular formula is C17H32N2O2. The van der Waals surface area contributed by atoms with Gasteiger partial charge in [0.15, 0.2) is 0 Å². The molecule has 2 rings (SSSR count). The van der Waals surface area contributed by atoms with Crippen LogP contribution < -0.4 is 5.73 Å². The van der Waals surface area contributed by atoms with Crippen LogP contribution >= 0.6 is 0 Å². The molecule has 0 aromatic rings. The topological polar surface area (TPSA) is 55.6 Å². The maximum absolute atomic E-state index is 11.5. The van der Waals surface area contributed by atoms with Crippen LogP contribution in [0.15, 0.2) is 0 Å². The van der Waals surface area contributed by atoms with E-state index < -0.39 is 0 Å². The summed E-state index contributed by atoms with van der Waals surface area (Å²) in [6.45, 7) is 10.1. The second kappa shape index (κ2) is 6.66. The van der Waals surface area contributed by atoms with Crippen LogP contribution in [0.5, 0.6) is 0 Å². The normalized spacial score (nSPS) is 29.0. The quantitative estimate of drug-likeness (QED) is 0.785. The van der Waals surface area contributed by atoms with Gasteiger partial charge in [0.1, 0.15) is 0 Å². The summed E-state index contributed by atoms with van der Waals surface area (Å²) < 4.78 is 6.06. The fourth-order valence-electron chi connectivity index (χ4n) is 3.93. The molecule has 2 fully saturated rings. The van der Waals surface area contributed by atoms with Crippen molar-refractivity contribution in [2.75, 3.05) is 13.2 Å². The standard InChI is InChI=1S/C17H32N2O2/c1-12(2)11-21-15-9-14(17(15,3)4)19(10-16(18)20)13-7-5-6-8-13/h12-15H,5-11H2,1-4H3,(H2,18,20)/t14-,15-/m0/s1. The molecule has 4 heteroatoms. The average Bonchev–Trinajstić information content (AvgIpc) is 2.88. The van der Waals surface area contributed by atoms with Crippen LogP contribution in [0, 0.1) is 11.3 Å². The van der Waals surface area contributed by atoms with E-state index in [9.17, 15) is 4.79 Å². The highest BCUT2D eigenvalue weighted by Crippen LogP contribution is 2.47. The highest BCUT2D eigenvalue weighted by molar-refractivity contribution is 5.76. The highest BCUT2D eigenvalue weighted by Gasteiger charge is 2.53. The third-order valence-corrected chi connectivity index (χ3v) is 5.29. The molecule has 0 radical (unpaired) electrons. The maximum atomic E-state index is 11.5. The van der Waals surface area contributed by atoms with Crippen LogP contribution in [-0.4, -0.2) is 42.1 Å². The predicted molar refractivity (Wildman–Crippen MR) is 84.9 cm³/mol. The molecule has 0 heterocycles. The van der Waals surface area contributed by atoms with Gasteiger partial charge in [0.05, 0.1) is 12.6 Å². The number of nitrogens with zero attached hydrogens (tertiary/aromatic N) is 1. The number of hydrogen-bond donors (Lipinski definition) is 1. The monoisotopic (exact) mass is 296 g/mol. The van der Waals surface area contributed by atoms with E-state index in [0.29, 0.717) is 30.7 Å². The second-order valence-corrected chi connectivity index (χ2v) is 7.87. The van der Waals surface area contributed by atoms with Gasteiger partial charge in [-0.3, -0.25) is 9.69 Å². The Balaban J connectivity index is 1.99. The smallest absolute Gasteiger partial charge is 0.231 e. The van der Waals surface area contributed by atoms with E-state index in [0.717, 1.165) is 13.0 Å². The lowest BCUT2D eigenvalue weighted by Gasteiger charge is -2.57. The summed E-state index contributed by atoms with van der Waals surface area (Å²) >= 11 is 0. The zero-order chi connectivity index (χ0) is 15.6. The molecule has 122 valence electrons. The molecule has 0 aliphatic heterocycles. The highest BCUT2D eigenvalue weighted by atomic mass is 16.5. The minimum atomic E-state index is -0.204. The van der Waals surface area contributed by atoms with Crippen molar-refractivity contribution in [3.63, 3.8) is 0 Å². The van der Waals surface area contributed by atoms with Gasteiger partial charge >= 0.3 is 0 Å². The summed E-state index contributed by atoms with van der Waals surface area (Å²) in [5.74, 6) is 0.362. The summed E-state index contributed by atoms with van der Waals surface area (Å²) in [5, 5.41) is 0. The first kappa shape index (κ1) is 16.8. The SMILES string of the molecule is CC(C)CO[C@H]1C[C@H](N(CC(N)=O)C2CCCC2)C1(C)C. The number of amides is 1. The number of primary amides is 1. The summed E-state index contributed by atoms with van der Waals surface area (Å²) in [7, 11) is 0. The van der Waals surface area contributed by atoms with Crippen LogP contribution in [0.25, 0.3) is 0 Å². The molecule has 0 aromatic heterocycles. The summed E-state index contributed by atoms with van der Waals surface area (Å²) in [4.78, 5) is 13.8. The molecule has 0 spiro atoms. The minimum absolute atomic E-state index is 0.104. The number of nitrogens with two attached hydrogens (primary N) is 1. The number of carbonyl (C=O) groups excluding carboxylic acids is 1. The van der Waals surface area contributed by atoms with Gasteiger partial charge < -0.3 is 10.5 Å². The van der Waals surface area contributed by atoms with Crippen molar-refractivity contribution in [2.45, 2.75) is 78.0 Å². The summed E-state index contributed by atoms with van der Waals surface area (Å²) in [6.07, 6.45) is 6.31. The van der Waals surface area contributed by atoms with Gasteiger partial charge in [-0.1, -0.05) is 40.5 Å². The number of hydrogen-bond acceptors (Lipinski definition) is 3. The number of carbonyl (C=O) groups is 1. The van der Waals surface area contributed by atoms with Gasteiger partial charge in [-0.25, -0.2) is 0 Å². The van der Waals surface area contributed by atoms with Crippen molar-refractivity contribution in [2.24, 2.45) is 17.1 Å². The molecule has 0 saturated heterocycles. The van der Waals surface area contributed by atoms with Crippen molar-refractivity contribution in [3.05, 3.63) is 0 Å². The Morgan fingerprint density at radius 3 is 2.43 bits per heavy atom. The first-order valence-electron chi connectivity index (χ1n) is 8.48. The number of ether oxygens (including phenoxy) is 1. The fraction of sp³-hybridized carbons (Fsp3) is 0.941. The molecule has 0 unspecified atom stereocenters. The van der Waals surface area contributed by atoms with Gasteiger partial charge in [-0.15, -0.1) is 0 Å². The van der Waals surface area contributed by atoms with Crippen LogP contribution in [0.3, 0.4) is 0 Å². The van der Waals surface area contributed by atoms with Crippen LogP contribution in [-0.2, 0) is 9.53 Å². The Kier molecular flexibility index (Phi) is 5.31. The molecular weight excluding hydrogens is 264 g/mol. The van der Waals surface area contributed by atoms with E-state index in [2.05, 4.69) is 32.6 Å². The Labute approximate surface area is 129 Å². The van der Waals surface area contributed by atoms with E-state index in [1.165, 1.54) is 25.7 Å². The van der Waals surface area contributed by atoms with E-state index in [4.69, 9.17) is 10.5 Å². The van der Waals surface area contributed by atoms with E-state index >= 15 is 0 Å². The van der Waals surface area contributed by atoms with Crippen LogP contribution in [0.4, 0.5) is 0 Å². The molecule has 2 atom stereocenters. The lowest BCUT2D eigenvalue weighted by molar-refractivity contribution is -0.166. The second-order valence-electron chi connectivity index (χ2n) is 7.87. The maximum Gasteiger partial charge on any atom is 0.231 e. The van der Waals surface area contributed by atoms with Gasteiger partial charge in [0.2, 0.25) is 5.91 Å². The summed E-state index contributed by atoms with van der Waals surface area (Å²) in [5.41, 5.74) is 5.59. The molecule has 4 nitrogen and oxygen atoms in total. The number of rotatable bonds is 7. The molecule has 21 heavy (non-hydrogen) atoms. The molecule has 0 bridgehead atoms. The fourth-order valence-corrected chi connectivity index (χ4v) is 3.93. The van der Waals surface area contributed by atoms with Crippen LogP contribution in [0.2, 0.25) is 0 Å². The Hall–Kier alpha value is -0.610. The van der Waals surface area contributed by atoms with Crippen molar-refractivity contribution in [3.8, 4) is 0 Å². The molecule has 0 aromatic carbocycles. The van der Waals surface area contributed by atoms with Crippen LogP contribution in [0.1, 0.15) is 59.8 Å². The third-order valence-electron chi connectivity index (χ3n) is 5.29. The first-order valence-corrected chi connectivity index (χ1v) is 8.48. The zero-order valence-electron chi connectivity index (χ0n) is 14.1. The predicted octanol–water partition coefficient (Wildman–Crippen LogP) is 2.56. The lowest BCUT2D eigenvalue weighted by atomic mass is 9.63. The largest absolute Gasteiger partial charge is 0.377 e. The van der Waals surface area contributed by atoms with E-state index in [1.807, 2.05) is 0 Å². The van der Waals surface area contributed by atoms with Crippen molar-refractivity contribution in [1.29, 1.82) is 0 Å². The van der Waals surface area contributed by atoms with E-state index in [-0.39, 0.29) is 11.3 Å². The van der Waals surface area contributed by atoms with Gasteiger partial charge in [-0.2, -0.15) is 0 Å². The average molecular weight is 296 g/mol. The Bertz CT molecular complexity index is 362. The molecule has 2 aliphatic carbocycles. The summed E-state index contributed by atoms with van der Waals surface area (Å²) in [6, 6.07) is 0.957. The van der Waals surface area contributed by atoms with Crippen molar-refractivity contribution < 1.29 is 9.53 Å². The minimum Gasteiger partial charge on any atom is -0.377 e. The zero-order valence-corrected chi connectivity index (χ0v) is 14.1.